The molecule has 6 aliphatic rings. The second-order valence-corrected chi connectivity index (χ2v) is 11.3. The summed E-state index contributed by atoms with van der Waals surface area (Å²) in [6.45, 7) is 3.30. The lowest BCUT2D eigenvalue weighted by Crippen LogP contribution is -2.61. The van der Waals surface area contributed by atoms with Gasteiger partial charge in [-0.3, -0.25) is 9.48 Å². The highest BCUT2D eigenvalue weighted by Crippen LogP contribution is 2.55. The van der Waals surface area contributed by atoms with Crippen LogP contribution in [0, 0.1) is 23.7 Å². The standard InChI is InChI=1S/C24H37N5O2/c1-28-21(29(19-2-3-19)14-15-4-6-25-7-5-15)10-20(27-28)23(30)26-22-17-8-16-9-18(22)13-24(31,11-16)12-17/h10,15-19,22,25,31H,2-9,11-14H2,1H3,(H,26,30). The molecule has 0 radical (unpaired) electrons. The smallest absolute Gasteiger partial charge is 0.272 e. The minimum absolute atomic E-state index is 0.0380. The first-order chi connectivity index (χ1) is 15.0. The highest BCUT2D eigenvalue weighted by Gasteiger charge is 2.55. The zero-order chi connectivity index (χ0) is 21.2. The van der Waals surface area contributed by atoms with E-state index in [4.69, 9.17) is 0 Å². The molecule has 1 aliphatic heterocycles. The van der Waals surface area contributed by atoms with Gasteiger partial charge in [-0.1, -0.05) is 0 Å². The molecule has 5 aliphatic carbocycles. The van der Waals surface area contributed by atoms with Gasteiger partial charge in [-0.15, -0.1) is 0 Å². The fraction of sp³-hybridized carbons (Fsp3) is 0.833. The number of piperidine rings is 1. The molecule has 4 bridgehead atoms. The van der Waals surface area contributed by atoms with Crippen LogP contribution in [0.1, 0.15) is 68.3 Å². The number of hydrogen-bond acceptors (Lipinski definition) is 5. The van der Waals surface area contributed by atoms with Crippen LogP contribution in [0.2, 0.25) is 0 Å². The summed E-state index contributed by atoms with van der Waals surface area (Å²) >= 11 is 0. The number of amides is 1. The molecule has 1 aromatic heterocycles. The van der Waals surface area contributed by atoms with E-state index in [9.17, 15) is 9.90 Å². The zero-order valence-corrected chi connectivity index (χ0v) is 18.7. The van der Waals surface area contributed by atoms with E-state index >= 15 is 0 Å². The van der Waals surface area contributed by atoms with Gasteiger partial charge in [-0.05, 0) is 94.5 Å². The van der Waals surface area contributed by atoms with Gasteiger partial charge in [0.05, 0.1) is 5.60 Å². The van der Waals surface area contributed by atoms with E-state index in [0.717, 1.165) is 57.6 Å². The van der Waals surface area contributed by atoms with E-state index in [2.05, 4.69) is 20.6 Å². The van der Waals surface area contributed by atoms with E-state index < -0.39 is 5.60 Å². The normalized spacial score (nSPS) is 37.2. The largest absolute Gasteiger partial charge is 0.390 e. The zero-order valence-electron chi connectivity index (χ0n) is 18.7. The average Bonchev–Trinajstić information content (AvgIpc) is 3.50. The Morgan fingerprint density at radius 3 is 2.58 bits per heavy atom. The lowest BCUT2D eigenvalue weighted by Gasteiger charge is -2.58. The van der Waals surface area contributed by atoms with Crippen LogP contribution in [-0.4, -0.2) is 58.1 Å². The fourth-order valence-corrected chi connectivity index (χ4v) is 7.44. The highest BCUT2D eigenvalue weighted by atomic mass is 16.3. The van der Waals surface area contributed by atoms with Gasteiger partial charge in [0.1, 0.15) is 5.82 Å². The molecule has 31 heavy (non-hydrogen) atoms. The van der Waals surface area contributed by atoms with E-state index in [1.54, 1.807) is 0 Å². The SMILES string of the molecule is Cn1nc(C(=O)NC2C3CC4CC2CC(O)(C4)C3)cc1N(CC1CCNCC1)C1CC1. The molecule has 6 fully saturated rings. The van der Waals surface area contributed by atoms with E-state index in [0.29, 0.717) is 35.4 Å². The molecule has 7 rings (SSSR count). The summed E-state index contributed by atoms with van der Waals surface area (Å²) in [6.07, 6.45) is 9.93. The number of carbonyl (C=O) groups excluding carboxylic acids is 1. The van der Waals surface area contributed by atoms with Gasteiger partial charge in [0.15, 0.2) is 5.69 Å². The first kappa shape index (κ1) is 20.0. The number of carbonyl (C=O) groups is 1. The maximum absolute atomic E-state index is 13.2. The minimum atomic E-state index is -0.463. The van der Waals surface area contributed by atoms with Crippen LogP contribution in [0.4, 0.5) is 5.82 Å². The first-order valence-electron chi connectivity index (χ1n) is 12.5. The lowest BCUT2D eigenvalue weighted by molar-refractivity contribution is -0.136. The molecule has 3 N–H and O–H groups in total. The molecular weight excluding hydrogens is 390 g/mol. The Kier molecular flexibility index (Phi) is 4.83. The van der Waals surface area contributed by atoms with Crippen LogP contribution in [0.5, 0.6) is 0 Å². The van der Waals surface area contributed by atoms with Crippen molar-refractivity contribution in [3.63, 3.8) is 0 Å². The topological polar surface area (TPSA) is 82.4 Å². The Hall–Kier alpha value is -1.60. The Morgan fingerprint density at radius 2 is 1.94 bits per heavy atom. The predicted molar refractivity (Wildman–Crippen MR) is 119 cm³/mol. The van der Waals surface area contributed by atoms with Gasteiger partial charge in [0.2, 0.25) is 0 Å². The third-order valence-electron chi connectivity index (χ3n) is 8.82. The average molecular weight is 428 g/mol. The van der Waals surface area contributed by atoms with Crippen molar-refractivity contribution in [3.05, 3.63) is 11.8 Å². The number of nitrogens with one attached hydrogen (secondary N) is 2. The van der Waals surface area contributed by atoms with Crippen LogP contribution in [0.25, 0.3) is 0 Å². The van der Waals surface area contributed by atoms with Crippen molar-refractivity contribution in [3.8, 4) is 0 Å². The predicted octanol–water partition coefficient (Wildman–Crippen LogP) is 2.06. The number of rotatable bonds is 6. The van der Waals surface area contributed by atoms with Gasteiger partial charge >= 0.3 is 0 Å². The summed E-state index contributed by atoms with van der Waals surface area (Å²) in [4.78, 5) is 15.7. The third-order valence-corrected chi connectivity index (χ3v) is 8.82. The molecule has 2 atom stereocenters. The highest BCUT2D eigenvalue weighted by molar-refractivity contribution is 5.93. The molecule has 0 spiro atoms. The fourth-order valence-electron chi connectivity index (χ4n) is 7.44. The maximum atomic E-state index is 13.2. The summed E-state index contributed by atoms with van der Waals surface area (Å²) in [7, 11) is 1.97. The molecule has 0 aromatic carbocycles. The van der Waals surface area contributed by atoms with E-state index in [1.165, 1.54) is 25.7 Å². The monoisotopic (exact) mass is 427 g/mol. The Balaban J connectivity index is 1.16. The maximum Gasteiger partial charge on any atom is 0.272 e. The summed E-state index contributed by atoms with van der Waals surface area (Å²) in [5.41, 5.74) is 0.0796. The van der Waals surface area contributed by atoms with Crippen molar-refractivity contribution in [2.45, 2.75) is 75.5 Å². The van der Waals surface area contributed by atoms with Crippen molar-refractivity contribution in [2.75, 3.05) is 24.5 Å². The van der Waals surface area contributed by atoms with Gasteiger partial charge in [0.25, 0.3) is 5.91 Å². The first-order valence-corrected chi connectivity index (χ1v) is 12.5. The second-order valence-electron chi connectivity index (χ2n) is 11.3. The summed E-state index contributed by atoms with van der Waals surface area (Å²) in [5.74, 6) is 3.26. The second kappa shape index (κ2) is 7.48. The number of aryl methyl sites for hydroxylation is 1. The summed E-state index contributed by atoms with van der Waals surface area (Å²) in [6, 6.07) is 2.81. The van der Waals surface area contributed by atoms with Crippen LogP contribution >= 0.6 is 0 Å². The number of hydrogen-bond donors (Lipinski definition) is 3. The van der Waals surface area contributed by atoms with E-state index in [1.807, 2.05) is 17.8 Å². The molecule has 7 nitrogen and oxygen atoms in total. The van der Waals surface area contributed by atoms with Gasteiger partial charge < -0.3 is 20.6 Å². The molecule has 2 heterocycles. The lowest BCUT2D eigenvalue weighted by atomic mass is 9.52. The quantitative estimate of drug-likeness (QED) is 0.647. The van der Waals surface area contributed by atoms with E-state index in [-0.39, 0.29) is 11.9 Å². The van der Waals surface area contributed by atoms with Crippen LogP contribution in [-0.2, 0) is 7.05 Å². The van der Waals surface area contributed by atoms with Crippen LogP contribution < -0.4 is 15.5 Å². The Labute approximate surface area is 184 Å². The van der Waals surface area contributed by atoms with Crippen molar-refractivity contribution in [2.24, 2.45) is 30.7 Å². The van der Waals surface area contributed by atoms with Crippen LogP contribution in [0.3, 0.4) is 0 Å². The van der Waals surface area contributed by atoms with Gasteiger partial charge in [-0.25, -0.2) is 0 Å². The van der Waals surface area contributed by atoms with Gasteiger partial charge in [-0.2, -0.15) is 5.10 Å². The molecule has 1 aromatic rings. The number of anilines is 1. The summed E-state index contributed by atoms with van der Waals surface area (Å²) < 4.78 is 1.91. The number of aliphatic hydroxyl groups is 1. The van der Waals surface area contributed by atoms with Gasteiger partial charge in [0, 0.05) is 31.7 Å². The molecule has 5 saturated carbocycles. The molecule has 2 unspecified atom stereocenters. The third kappa shape index (κ3) is 3.78. The molecule has 170 valence electrons. The van der Waals surface area contributed by atoms with Crippen molar-refractivity contribution >= 4 is 11.7 Å². The minimum Gasteiger partial charge on any atom is -0.390 e. The molecular formula is C24H37N5O2. The molecule has 1 saturated heterocycles. The van der Waals surface area contributed by atoms with Crippen molar-refractivity contribution in [1.29, 1.82) is 0 Å². The van der Waals surface area contributed by atoms with Crippen molar-refractivity contribution in [1.82, 2.24) is 20.4 Å². The Morgan fingerprint density at radius 1 is 1.23 bits per heavy atom. The number of nitrogens with zero attached hydrogens (tertiary/aromatic N) is 3. The molecule has 7 heteroatoms. The number of aromatic nitrogens is 2. The Bertz CT molecular complexity index is 827. The van der Waals surface area contributed by atoms with Crippen LogP contribution in [0.15, 0.2) is 6.07 Å². The molecule has 1 amide bonds. The van der Waals surface area contributed by atoms with Crippen molar-refractivity contribution < 1.29 is 9.90 Å². The summed E-state index contributed by atoms with van der Waals surface area (Å²) in [5, 5.41) is 22.3.